The van der Waals surface area contributed by atoms with Crippen molar-refractivity contribution < 1.29 is 28.5 Å². The summed E-state index contributed by atoms with van der Waals surface area (Å²) in [5.74, 6) is -0.666. The molecule has 5 rings (SSSR count). The molecule has 0 radical (unpaired) electrons. The van der Waals surface area contributed by atoms with Crippen molar-refractivity contribution in [3.8, 4) is 17.0 Å². The van der Waals surface area contributed by atoms with E-state index in [-0.39, 0.29) is 18.6 Å². The van der Waals surface area contributed by atoms with Crippen LogP contribution in [0.25, 0.3) is 16.9 Å². The van der Waals surface area contributed by atoms with Crippen LogP contribution in [0.4, 0.5) is 14.7 Å². The van der Waals surface area contributed by atoms with Crippen LogP contribution in [0.5, 0.6) is 5.75 Å². The number of anilines is 1. The van der Waals surface area contributed by atoms with Gasteiger partial charge in [-0.05, 0) is 13.0 Å². The molecule has 4 heterocycles. The molecule has 0 aliphatic carbocycles. The van der Waals surface area contributed by atoms with Gasteiger partial charge in [0.05, 0.1) is 23.3 Å². The van der Waals surface area contributed by atoms with E-state index in [1.807, 2.05) is 16.2 Å². The minimum Gasteiger partial charge on any atom is -0.479 e. The average Bonchev–Trinajstić information content (AvgIpc) is 3.19. The first-order valence-electron chi connectivity index (χ1n) is 11.6. The summed E-state index contributed by atoms with van der Waals surface area (Å²) in [6.45, 7) is -0.432. The van der Waals surface area contributed by atoms with E-state index in [2.05, 4.69) is 24.7 Å². The fourth-order valence-corrected chi connectivity index (χ4v) is 4.43. The number of aromatic nitrogens is 5. The van der Waals surface area contributed by atoms with E-state index in [1.54, 1.807) is 43.0 Å². The fraction of sp³-hybridized carbons (Fsp3) is 0.320. The molecule has 1 fully saturated rings. The number of ether oxygens (including phenoxy) is 1. The second-order valence-electron chi connectivity index (χ2n) is 8.90. The van der Waals surface area contributed by atoms with Crippen LogP contribution in [0.3, 0.4) is 0 Å². The van der Waals surface area contributed by atoms with Gasteiger partial charge in [-0.1, -0.05) is 18.2 Å². The molecule has 10 nitrogen and oxygen atoms in total. The fourth-order valence-electron chi connectivity index (χ4n) is 4.43. The van der Waals surface area contributed by atoms with Crippen LogP contribution in [0, 0.1) is 6.92 Å². The van der Waals surface area contributed by atoms with E-state index in [0.717, 1.165) is 11.4 Å². The van der Waals surface area contributed by atoms with Crippen molar-refractivity contribution in [3.05, 3.63) is 66.0 Å². The minimum atomic E-state index is -2.92. The van der Waals surface area contributed by atoms with Crippen LogP contribution in [-0.4, -0.2) is 65.8 Å². The Hall–Kier alpha value is -4.19. The number of nitrogens with zero attached hydrogens (tertiary/aromatic N) is 6. The maximum atomic E-state index is 12.9. The SMILES string of the molecule is Cc1nc2cnc(-c3cnc(N4CCC(O)(C(=O)O)CC4)nc3)cn2c1Cc1ccccc1OC(F)F. The topological polar surface area (TPSA) is 126 Å². The Morgan fingerprint density at radius 1 is 1.14 bits per heavy atom. The normalized spacial score (nSPS) is 15.3. The van der Waals surface area contributed by atoms with E-state index in [1.165, 1.54) is 6.07 Å². The Balaban J connectivity index is 1.39. The van der Waals surface area contributed by atoms with Gasteiger partial charge in [-0.3, -0.25) is 9.38 Å². The molecule has 0 bridgehead atoms. The molecule has 1 aromatic carbocycles. The molecule has 1 aliphatic rings. The van der Waals surface area contributed by atoms with Gasteiger partial charge in [-0.2, -0.15) is 8.78 Å². The lowest BCUT2D eigenvalue weighted by atomic mass is 9.92. The van der Waals surface area contributed by atoms with Gasteiger partial charge in [0.15, 0.2) is 11.2 Å². The zero-order valence-electron chi connectivity index (χ0n) is 19.9. The van der Waals surface area contributed by atoms with E-state index in [9.17, 15) is 23.8 Å². The number of hydrogen-bond donors (Lipinski definition) is 2. The highest BCUT2D eigenvalue weighted by Crippen LogP contribution is 2.27. The molecule has 12 heteroatoms. The largest absolute Gasteiger partial charge is 0.479 e. The highest BCUT2D eigenvalue weighted by molar-refractivity contribution is 5.77. The van der Waals surface area contributed by atoms with Crippen LogP contribution >= 0.6 is 0 Å². The molecular formula is C25H24F2N6O4. The second kappa shape index (κ2) is 9.69. The van der Waals surface area contributed by atoms with Crippen LogP contribution in [0.15, 0.2) is 49.1 Å². The maximum Gasteiger partial charge on any atom is 0.387 e. The monoisotopic (exact) mass is 510 g/mol. The predicted octanol–water partition coefficient (Wildman–Crippen LogP) is 3.10. The molecule has 1 aliphatic heterocycles. The zero-order valence-corrected chi connectivity index (χ0v) is 19.9. The van der Waals surface area contributed by atoms with Crippen LogP contribution in [0.1, 0.15) is 29.8 Å². The molecule has 0 amide bonds. The van der Waals surface area contributed by atoms with Crippen molar-refractivity contribution in [2.24, 2.45) is 0 Å². The summed E-state index contributed by atoms with van der Waals surface area (Å²) < 4.78 is 32.3. The standard InChI is InChI=1S/C25H24F2N6O4/c1-15-19(10-16-4-2-3-5-20(16)37-23(26)27)33-14-18(28-13-21(33)31-15)17-11-29-24(30-12-17)32-8-6-25(36,7-9-32)22(34)35/h2-5,11-14,23,36H,6-10H2,1H3,(H,34,35). The first-order chi connectivity index (χ1) is 17.7. The summed E-state index contributed by atoms with van der Waals surface area (Å²) in [4.78, 5) is 30.9. The number of aliphatic carboxylic acids is 1. The summed E-state index contributed by atoms with van der Waals surface area (Å²) in [6.07, 6.45) is 7.17. The number of carboxylic acids is 1. The minimum absolute atomic E-state index is 0.0832. The van der Waals surface area contributed by atoms with Gasteiger partial charge in [-0.25, -0.2) is 19.7 Å². The Bertz CT molecular complexity index is 1440. The zero-order chi connectivity index (χ0) is 26.2. The summed E-state index contributed by atoms with van der Waals surface area (Å²) in [7, 11) is 0. The molecule has 2 N–H and O–H groups in total. The quantitative estimate of drug-likeness (QED) is 0.386. The first kappa shape index (κ1) is 24.5. The Morgan fingerprint density at radius 3 is 2.51 bits per heavy atom. The number of piperidine rings is 1. The average molecular weight is 511 g/mol. The van der Waals surface area contributed by atoms with Gasteiger partial charge in [0.25, 0.3) is 0 Å². The number of carbonyl (C=O) groups is 1. The number of carboxylic acid groups (broad SMARTS) is 1. The number of aryl methyl sites for hydroxylation is 1. The molecule has 1 saturated heterocycles. The van der Waals surface area contributed by atoms with E-state index < -0.39 is 18.2 Å². The van der Waals surface area contributed by atoms with Gasteiger partial charge in [0.2, 0.25) is 5.95 Å². The Morgan fingerprint density at radius 2 is 1.84 bits per heavy atom. The highest BCUT2D eigenvalue weighted by Gasteiger charge is 2.39. The molecular weight excluding hydrogens is 486 g/mol. The molecule has 0 spiro atoms. The number of halogens is 2. The number of hydrogen-bond acceptors (Lipinski definition) is 8. The molecule has 37 heavy (non-hydrogen) atoms. The number of aliphatic hydroxyl groups is 1. The van der Waals surface area contributed by atoms with Crippen molar-refractivity contribution in [2.75, 3.05) is 18.0 Å². The van der Waals surface area contributed by atoms with Crippen LogP contribution in [0.2, 0.25) is 0 Å². The summed E-state index contributed by atoms with van der Waals surface area (Å²) >= 11 is 0. The molecule has 0 saturated carbocycles. The smallest absolute Gasteiger partial charge is 0.387 e. The third kappa shape index (κ3) is 4.92. The van der Waals surface area contributed by atoms with E-state index >= 15 is 0 Å². The summed E-state index contributed by atoms with van der Waals surface area (Å²) in [6, 6.07) is 6.66. The van der Waals surface area contributed by atoms with E-state index in [4.69, 9.17) is 0 Å². The third-order valence-electron chi connectivity index (χ3n) is 6.56. The lowest BCUT2D eigenvalue weighted by Crippen LogP contribution is -2.49. The Labute approximate surface area is 210 Å². The van der Waals surface area contributed by atoms with Crippen molar-refractivity contribution in [3.63, 3.8) is 0 Å². The maximum absolute atomic E-state index is 12.9. The van der Waals surface area contributed by atoms with Gasteiger partial charge in [0, 0.05) is 62.1 Å². The number of alkyl halides is 2. The lowest BCUT2D eigenvalue weighted by Gasteiger charge is -2.35. The molecule has 0 atom stereocenters. The van der Waals surface area contributed by atoms with Gasteiger partial charge >= 0.3 is 12.6 Å². The van der Waals surface area contributed by atoms with Gasteiger partial charge in [0.1, 0.15) is 5.75 Å². The van der Waals surface area contributed by atoms with Crippen LogP contribution < -0.4 is 9.64 Å². The number of imidazole rings is 1. The molecule has 4 aromatic rings. The van der Waals surface area contributed by atoms with Crippen LogP contribution in [-0.2, 0) is 11.2 Å². The lowest BCUT2D eigenvalue weighted by molar-refractivity contribution is -0.160. The number of rotatable bonds is 7. The number of para-hydroxylation sites is 1. The van der Waals surface area contributed by atoms with Gasteiger partial charge in [-0.15, -0.1) is 0 Å². The number of benzene rings is 1. The number of fused-ring (bicyclic) bond motifs is 1. The van der Waals surface area contributed by atoms with E-state index in [0.29, 0.717) is 47.9 Å². The highest BCUT2D eigenvalue weighted by atomic mass is 19.3. The van der Waals surface area contributed by atoms with Crippen molar-refractivity contribution in [1.29, 1.82) is 0 Å². The predicted molar refractivity (Wildman–Crippen MR) is 129 cm³/mol. The molecule has 3 aromatic heterocycles. The van der Waals surface area contributed by atoms with Crippen molar-refractivity contribution in [2.45, 2.75) is 38.4 Å². The summed E-state index contributed by atoms with van der Waals surface area (Å²) in [5.41, 5.74) is 2.29. The van der Waals surface area contributed by atoms with Crippen molar-refractivity contribution in [1.82, 2.24) is 24.3 Å². The van der Waals surface area contributed by atoms with Gasteiger partial charge < -0.3 is 19.8 Å². The molecule has 0 unspecified atom stereocenters. The Kier molecular flexibility index (Phi) is 6.42. The first-order valence-corrected chi connectivity index (χ1v) is 11.6. The molecule has 192 valence electrons. The summed E-state index contributed by atoms with van der Waals surface area (Å²) in [5, 5.41) is 19.3. The third-order valence-corrected chi connectivity index (χ3v) is 6.56. The van der Waals surface area contributed by atoms with Crippen molar-refractivity contribution >= 4 is 17.6 Å². The second-order valence-corrected chi connectivity index (χ2v) is 8.90.